The number of halogens is 1. The minimum Gasteiger partial charge on any atom is -0.348 e. The van der Waals surface area contributed by atoms with Crippen LogP contribution in [0, 0.1) is 10.1 Å². The van der Waals surface area contributed by atoms with Crippen molar-refractivity contribution in [3.05, 3.63) is 74.3 Å². The number of amides is 1. The molecule has 0 unspecified atom stereocenters. The van der Waals surface area contributed by atoms with Gasteiger partial charge in [0.2, 0.25) is 0 Å². The predicted molar refractivity (Wildman–Crippen MR) is 81.1 cm³/mol. The number of nitrogens with one attached hydrogen (secondary N) is 1. The Morgan fingerprint density at radius 1 is 1.27 bits per heavy atom. The number of benzene rings is 2. The standard InChI is InChI=1S/C15H11ClN2O4/c16-13-3-1-2-10(6-13)8-17-15(20)11-4-5-12(9-19)14(7-11)18(21)22/h1-7,9H,8H2,(H,17,20). The number of hydrogen-bond donors (Lipinski definition) is 1. The summed E-state index contributed by atoms with van der Waals surface area (Å²) in [6.45, 7) is 0.239. The van der Waals surface area contributed by atoms with Gasteiger partial charge in [-0.2, -0.15) is 0 Å². The highest BCUT2D eigenvalue weighted by Gasteiger charge is 2.16. The molecule has 2 aromatic rings. The molecule has 112 valence electrons. The first kappa shape index (κ1) is 15.7. The first-order valence-electron chi connectivity index (χ1n) is 6.27. The van der Waals surface area contributed by atoms with Gasteiger partial charge in [-0.05, 0) is 29.8 Å². The molecule has 0 aliphatic rings. The maximum Gasteiger partial charge on any atom is 0.280 e. The topological polar surface area (TPSA) is 89.3 Å². The van der Waals surface area contributed by atoms with Crippen LogP contribution in [0.1, 0.15) is 26.3 Å². The zero-order valence-electron chi connectivity index (χ0n) is 11.3. The third-order valence-corrected chi connectivity index (χ3v) is 3.19. The normalized spacial score (nSPS) is 10.0. The average Bonchev–Trinajstić information content (AvgIpc) is 2.52. The SMILES string of the molecule is O=Cc1ccc(C(=O)NCc2cccc(Cl)c2)cc1[N+](=O)[O-]. The van der Waals surface area contributed by atoms with E-state index in [-0.39, 0.29) is 17.7 Å². The zero-order chi connectivity index (χ0) is 16.1. The number of carbonyl (C=O) groups excluding carboxylic acids is 2. The summed E-state index contributed by atoms with van der Waals surface area (Å²) in [6.07, 6.45) is 0.381. The highest BCUT2D eigenvalue weighted by atomic mass is 35.5. The Bertz CT molecular complexity index is 746. The minimum absolute atomic E-state index is 0.0728. The van der Waals surface area contributed by atoms with Gasteiger partial charge in [-0.3, -0.25) is 19.7 Å². The van der Waals surface area contributed by atoms with Crippen LogP contribution >= 0.6 is 11.6 Å². The van der Waals surface area contributed by atoms with Gasteiger partial charge in [-0.1, -0.05) is 23.7 Å². The summed E-state index contributed by atoms with van der Waals surface area (Å²) in [5, 5.41) is 14.1. The van der Waals surface area contributed by atoms with E-state index in [9.17, 15) is 19.7 Å². The van der Waals surface area contributed by atoms with Crippen molar-refractivity contribution in [3.8, 4) is 0 Å². The van der Waals surface area contributed by atoms with Gasteiger partial charge >= 0.3 is 0 Å². The second-order valence-electron chi connectivity index (χ2n) is 4.46. The molecule has 0 aliphatic heterocycles. The molecular formula is C15H11ClN2O4. The van der Waals surface area contributed by atoms with Gasteiger partial charge in [0.05, 0.1) is 10.5 Å². The molecular weight excluding hydrogens is 308 g/mol. The molecule has 0 saturated heterocycles. The zero-order valence-corrected chi connectivity index (χ0v) is 12.0. The summed E-state index contributed by atoms with van der Waals surface area (Å²) in [5.41, 5.74) is 0.445. The van der Waals surface area contributed by atoms with Crippen LogP contribution in [0.4, 0.5) is 5.69 Å². The summed E-state index contributed by atoms with van der Waals surface area (Å²) >= 11 is 5.85. The molecule has 0 aromatic heterocycles. The van der Waals surface area contributed by atoms with Crippen molar-refractivity contribution in [2.45, 2.75) is 6.54 Å². The van der Waals surface area contributed by atoms with Crippen LogP contribution in [0.25, 0.3) is 0 Å². The Morgan fingerprint density at radius 3 is 2.68 bits per heavy atom. The van der Waals surface area contributed by atoms with Crippen molar-refractivity contribution in [1.29, 1.82) is 0 Å². The molecule has 0 spiro atoms. The summed E-state index contributed by atoms with van der Waals surface area (Å²) in [5.74, 6) is -0.472. The van der Waals surface area contributed by atoms with Gasteiger partial charge in [0.15, 0.2) is 6.29 Å². The van der Waals surface area contributed by atoms with Gasteiger partial charge in [0.1, 0.15) is 0 Å². The van der Waals surface area contributed by atoms with Crippen LogP contribution in [0.5, 0.6) is 0 Å². The fourth-order valence-electron chi connectivity index (χ4n) is 1.87. The molecule has 22 heavy (non-hydrogen) atoms. The summed E-state index contributed by atoms with van der Waals surface area (Å²) < 4.78 is 0. The Labute approximate surface area is 130 Å². The Balaban J connectivity index is 2.14. The number of carbonyl (C=O) groups is 2. The fourth-order valence-corrected chi connectivity index (χ4v) is 2.09. The van der Waals surface area contributed by atoms with Crippen LogP contribution in [-0.4, -0.2) is 17.1 Å². The van der Waals surface area contributed by atoms with E-state index in [0.29, 0.717) is 11.3 Å². The lowest BCUT2D eigenvalue weighted by atomic mass is 10.1. The van der Waals surface area contributed by atoms with Crippen LogP contribution in [0.3, 0.4) is 0 Å². The molecule has 0 aliphatic carbocycles. The van der Waals surface area contributed by atoms with Crippen molar-refractivity contribution >= 4 is 29.5 Å². The Kier molecular flexibility index (Phi) is 4.85. The number of nitro groups is 1. The van der Waals surface area contributed by atoms with Crippen LogP contribution < -0.4 is 5.32 Å². The highest BCUT2D eigenvalue weighted by molar-refractivity contribution is 6.30. The molecule has 7 heteroatoms. The molecule has 2 aromatic carbocycles. The monoisotopic (exact) mass is 318 g/mol. The lowest BCUT2D eigenvalue weighted by Gasteiger charge is -2.06. The van der Waals surface area contributed by atoms with Gasteiger partial charge in [0, 0.05) is 23.2 Å². The maximum absolute atomic E-state index is 12.0. The summed E-state index contributed by atoms with van der Waals surface area (Å²) in [4.78, 5) is 32.9. The van der Waals surface area contributed by atoms with Crippen molar-refractivity contribution < 1.29 is 14.5 Å². The molecule has 0 heterocycles. The van der Waals surface area contributed by atoms with Crippen molar-refractivity contribution in [2.24, 2.45) is 0 Å². The van der Waals surface area contributed by atoms with E-state index in [1.807, 2.05) is 0 Å². The Hall–Kier alpha value is -2.73. The molecule has 6 nitrogen and oxygen atoms in total. The van der Waals surface area contributed by atoms with E-state index in [0.717, 1.165) is 11.6 Å². The first-order chi connectivity index (χ1) is 10.5. The molecule has 2 rings (SSSR count). The number of rotatable bonds is 5. The van der Waals surface area contributed by atoms with Crippen molar-refractivity contribution in [3.63, 3.8) is 0 Å². The van der Waals surface area contributed by atoms with Crippen molar-refractivity contribution in [2.75, 3.05) is 0 Å². The average molecular weight is 319 g/mol. The number of hydrogen-bond acceptors (Lipinski definition) is 4. The van der Waals surface area contributed by atoms with Gasteiger partial charge in [-0.15, -0.1) is 0 Å². The predicted octanol–water partition coefficient (Wildman–Crippen LogP) is 2.99. The first-order valence-corrected chi connectivity index (χ1v) is 6.65. The van der Waals surface area contributed by atoms with Gasteiger partial charge < -0.3 is 5.32 Å². The third-order valence-electron chi connectivity index (χ3n) is 2.96. The maximum atomic E-state index is 12.0. The lowest BCUT2D eigenvalue weighted by Crippen LogP contribution is -2.22. The Morgan fingerprint density at radius 2 is 2.05 bits per heavy atom. The van der Waals surface area contributed by atoms with E-state index >= 15 is 0 Å². The number of aldehydes is 1. The van der Waals surface area contributed by atoms with Crippen LogP contribution in [0.15, 0.2) is 42.5 Å². The second kappa shape index (κ2) is 6.82. The highest BCUT2D eigenvalue weighted by Crippen LogP contribution is 2.19. The van der Waals surface area contributed by atoms with E-state index < -0.39 is 16.5 Å². The van der Waals surface area contributed by atoms with Crippen LogP contribution in [-0.2, 0) is 6.54 Å². The molecule has 0 saturated carbocycles. The van der Waals surface area contributed by atoms with E-state index in [1.54, 1.807) is 24.3 Å². The molecule has 0 radical (unpaired) electrons. The summed E-state index contributed by atoms with van der Waals surface area (Å²) in [7, 11) is 0. The van der Waals surface area contributed by atoms with Crippen LogP contribution in [0.2, 0.25) is 5.02 Å². The largest absolute Gasteiger partial charge is 0.348 e. The van der Waals surface area contributed by atoms with E-state index in [4.69, 9.17) is 11.6 Å². The quantitative estimate of drug-likeness (QED) is 0.521. The lowest BCUT2D eigenvalue weighted by molar-refractivity contribution is -0.385. The van der Waals surface area contributed by atoms with Gasteiger partial charge in [0.25, 0.3) is 11.6 Å². The molecule has 0 atom stereocenters. The summed E-state index contributed by atoms with van der Waals surface area (Å²) in [6, 6.07) is 10.7. The smallest absolute Gasteiger partial charge is 0.280 e. The second-order valence-corrected chi connectivity index (χ2v) is 4.90. The van der Waals surface area contributed by atoms with Gasteiger partial charge in [-0.25, -0.2) is 0 Å². The molecule has 1 amide bonds. The minimum atomic E-state index is -0.697. The third kappa shape index (κ3) is 3.67. The number of nitrogens with zero attached hydrogens (tertiary/aromatic N) is 1. The van der Waals surface area contributed by atoms with E-state index in [2.05, 4.69) is 5.32 Å². The fraction of sp³-hybridized carbons (Fsp3) is 0.0667. The molecule has 0 bridgehead atoms. The molecule has 1 N–H and O–H groups in total. The van der Waals surface area contributed by atoms with Crippen molar-refractivity contribution in [1.82, 2.24) is 5.32 Å². The molecule has 0 fully saturated rings. The van der Waals surface area contributed by atoms with E-state index in [1.165, 1.54) is 12.1 Å². The number of nitro benzene ring substituents is 1.